The highest BCUT2D eigenvalue weighted by Crippen LogP contribution is 2.30. The van der Waals surface area contributed by atoms with E-state index in [0.29, 0.717) is 31.0 Å². The summed E-state index contributed by atoms with van der Waals surface area (Å²) < 4.78 is 6.57. The van der Waals surface area contributed by atoms with E-state index in [0.717, 1.165) is 43.8 Å². The predicted molar refractivity (Wildman–Crippen MR) is 142 cm³/mol. The van der Waals surface area contributed by atoms with Crippen molar-refractivity contribution in [1.29, 1.82) is 0 Å². The minimum Gasteiger partial charge on any atom is -0.487 e. The number of rotatable bonds is 11. The predicted octanol–water partition coefficient (Wildman–Crippen LogP) is 3.10. The van der Waals surface area contributed by atoms with E-state index in [1.807, 2.05) is 25.1 Å². The van der Waals surface area contributed by atoms with Crippen LogP contribution >= 0.6 is 0 Å². The Hall–Kier alpha value is -3.23. The fraction of sp³-hybridized carbons (Fsp3) is 0.483. The summed E-state index contributed by atoms with van der Waals surface area (Å²) >= 11 is 0. The molecule has 0 bridgehead atoms. The van der Waals surface area contributed by atoms with Gasteiger partial charge in [-0.2, -0.15) is 0 Å². The van der Waals surface area contributed by atoms with Crippen molar-refractivity contribution < 1.29 is 19.1 Å². The fourth-order valence-electron chi connectivity index (χ4n) is 5.38. The van der Waals surface area contributed by atoms with Crippen LogP contribution in [-0.2, 0) is 22.7 Å². The van der Waals surface area contributed by atoms with Gasteiger partial charge in [-0.15, -0.1) is 0 Å². The lowest BCUT2D eigenvalue weighted by Crippen LogP contribution is -2.56. The summed E-state index contributed by atoms with van der Waals surface area (Å²) in [4.78, 5) is 40.4. The summed E-state index contributed by atoms with van der Waals surface area (Å²) in [5.74, 6) is 0.0878. The molecule has 0 saturated carbocycles. The van der Waals surface area contributed by atoms with Gasteiger partial charge in [-0.25, -0.2) is 0 Å². The third-order valence-corrected chi connectivity index (χ3v) is 7.08. The second-order valence-electron chi connectivity index (χ2n) is 10.3. The fourth-order valence-corrected chi connectivity index (χ4v) is 5.38. The molecule has 37 heavy (non-hydrogen) atoms. The maximum absolute atomic E-state index is 13.1. The molecule has 2 aromatic rings. The number of imide groups is 1. The summed E-state index contributed by atoms with van der Waals surface area (Å²) in [6.07, 6.45) is 2.52. The van der Waals surface area contributed by atoms with Crippen molar-refractivity contribution >= 4 is 18.2 Å². The number of fused-ring (bicyclic) bond motifs is 1. The Labute approximate surface area is 219 Å². The molecular formula is C29H38N4O4. The number of hydrogen-bond donors (Lipinski definition) is 2. The Morgan fingerprint density at radius 3 is 2.68 bits per heavy atom. The highest BCUT2D eigenvalue weighted by molar-refractivity contribution is 6.02. The first-order valence-electron chi connectivity index (χ1n) is 13.3. The van der Waals surface area contributed by atoms with Gasteiger partial charge in [0.15, 0.2) is 0 Å². The van der Waals surface area contributed by atoms with Gasteiger partial charge < -0.3 is 15.0 Å². The summed E-state index contributed by atoms with van der Waals surface area (Å²) in [6.45, 7) is 9.24. The average molecular weight is 507 g/mol. The van der Waals surface area contributed by atoms with Gasteiger partial charge in [0.1, 0.15) is 17.9 Å². The minimum absolute atomic E-state index is 0.0441. The third kappa shape index (κ3) is 6.56. The van der Waals surface area contributed by atoms with Gasteiger partial charge in [-0.05, 0) is 42.2 Å². The topological polar surface area (TPSA) is 91.0 Å². The van der Waals surface area contributed by atoms with Crippen molar-refractivity contribution in [3.8, 4) is 5.75 Å². The molecule has 2 aromatic carbocycles. The van der Waals surface area contributed by atoms with Gasteiger partial charge in [-0.1, -0.05) is 57.5 Å². The molecular weight excluding hydrogens is 468 g/mol. The lowest BCUT2D eigenvalue weighted by molar-refractivity contribution is -0.129. The number of nitrogens with one attached hydrogen (secondary N) is 2. The standard InChI is InChI=1S/C29H38N4O4/c1-4-8-26(28(35)30-19-34)33-17-22-15-23(11-12-24(22)29(33)36)37-27-18-32(14-13-25(27)31-20(2)3)16-21-9-6-5-7-10-21/h5-7,9-12,15,19-20,25-27,31H,4,8,13-14,16-18H2,1-3H3,(H,30,34,35). The molecule has 3 unspecified atom stereocenters. The third-order valence-electron chi connectivity index (χ3n) is 7.08. The van der Waals surface area contributed by atoms with E-state index in [9.17, 15) is 14.4 Å². The number of benzene rings is 2. The van der Waals surface area contributed by atoms with Crippen molar-refractivity contribution in [3.63, 3.8) is 0 Å². The highest BCUT2D eigenvalue weighted by atomic mass is 16.5. The Balaban J connectivity index is 1.49. The number of ether oxygens (including phenoxy) is 1. The molecule has 4 rings (SSSR count). The number of carbonyl (C=O) groups excluding carboxylic acids is 3. The quantitative estimate of drug-likeness (QED) is 0.455. The average Bonchev–Trinajstić information content (AvgIpc) is 3.20. The molecule has 0 spiro atoms. The lowest BCUT2D eigenvalue weighted by Gasteiger charge is -2.39. The van der Waals surface area contributed by atoms with Crippen molar-refractivity contribution in [2.75, 3.05) is 13.1 Å². The van der Waals surface area contributed by atoms with Crippen LogP contribution in [0.25, 0.3) is 0 Å². The van der Waals surface area contributed by atoms with Gasteiger partial charge in [0.05, 0.1) is 0 Å². The molecule has 1 fully saturated rings. The monoisotopic (exact) mass is 506 g/mol. The normalized spacial score (nSPS) is 20.5. The number of hydrogen-bond acceptors (Lipinski definition) is 6. The summed E-state index contributed by atoms with van der Waals surface area (Å²) in [5.41, 5.74) is 2.71. The van der Waals surface area contributed by atoms with E-state index in [1.165, 1.54) is 5.56 Å². The van der Waals surface area contributed by atoms with Crippen LogP contribution in [0.3, 0.4) is 0 Å². The zero-order valence-electron chi connectivity index (χ0n) is 22.0. The largest absolute Gasteiger partial charge is 0.487 e. The molecule has 3 amide bonds. The van der Waals surface area contributed by atoms with E-state index in [1.54, 1.807) is 11.0 Å². The first-order chi connectivity index (χ1) is 17.9. The summed E-state index contributed by atoms with van der Waals surface area (Å²) in [6, 6.07) is 15.9. The van der Waals surface area contributed by atoms with Crippen molar-refractivity contribution in [2.45, 2.75) is 77.4 Å². The maximum Gasteiger partial charge on any atom is 0.255 e. The van der Waals surface area contributed by atoms with Crippen LogP contribution in [0.4, 0.5) is 0 Å². The SMILES string of the molecule is CCCC(C(=O)NC=O)N1Cc2cc(OC3CN(Cc4ccccc4)CCC3NC(C)C)ccc2C1=O. The van der Waals surface area contributed by atoms with E-state index in [4.69, 9.17) is 4.74 Å². The molecule has 198 valence electrons. The number of amides is 3. The van der Waals surface area contributed by atoms with Crippen molar-refractivity contribution in [3.05, 3.63) is 65.2 Å². The molecule has 0 radical (unpaired) electrons. The molecule has 1 saturated heterocycles. The molecule has 2 N–H and O–H groups in total. The van der Waals surface area contributed by atoms with Crippen LogP contribution in [0.5, 0.6) is 5.75 Å². The summed E-state index contributed by atoms with van der Waals surface area (Å²) in [5, 5.41) is 5.88. The summed E-state index contributed by atoms with van der Waals surface area (Å²) in [7, 11) is 0. The molecule has 8 heteroatoms. The Morgan fingerprint density at radius 1 is 1.19 bits per heavy atom. The van der Waals surface area contributed by atoms with E-state index < -0.39 is 11.9 Å². The zero-order valence-corrected chi connectivity index (χ0v) is 22.0. The van der Waals surface area contributed by atoms with Crippen molar-refractivity contribution in [2.24, 2.45) is 0 Å². The van der Waals surface area contributed by atoms with Gasteiger partial charge in [0.25, 0.3) is 5.91 Å². The van der Waals surface area contributed by atoms with Crippen LogP contribution < -0.4 is 15.4 Å². The molecule has 2 aliphatic heterocycles. The molecule has 3 atom stereocenters. The van der Waals surface area contributed by atoms with Crippen LogP contribution in [0.15, 0.2) is 48.5 Å². The van der Waals surface area contributed by atoms with Crippen LogP contribution in [-0.4, -0.2) is 65.3 Å². The van der Waals surface area contributed by atoms with Gasteiger partial charge in [0.2, 0.25) is 12.3 Å². The van der Waals surface area contributed by atoms with Gasteiger partial charge in [0, 0.05) is 43.8 Å². The Bertz CT molecular complexity index is 1090. The smallest absolute Gasteiger partial charge is 0.255 e. The zero-order chi connectivity index (χ0) is 26.4. The first kappa shape index (κ1) is 26.8. The second-order valence-corrected chi connectivity index (χ2v) is 10.3. The maximum atomic E-state index is 13.1. The second kappa shape index (κ2) is 12.3. The number of carbonyl (C=O) groups is 3. The van der Waals surface area contributed by atoms with Crippen LogP contribution in [0.1, 0.15) is 61.5 Å². The molecule has 0 aromatic heterocycles. The highest BCUT2D eigenvalue weighted by Gasteiger charge is 2.37. The van der Waals surface area contributed by atoms with Crippen molar-refractivity contribution in [1.82, 2.24) is 20.4 Å². The Kier molecular flexibility index (Phi) is 8.95. The molecule has 8 nitrogen and oxygen atoms in total. The number of likely N-dealkylation sites (tertiary alicyclic amines) is 1. The molecule has 2 aliphatic rings. The first-order valence-corrected chi connectivity index (χ1v) is 13.3. The van der Waals surface area contributed by atoms with Crippen LogP contribution in [0, 0.1) is 0 Å². The van der Waals surface area contributed by atoms with Crippen LogP contribution in [0.2, 0.25) is 0 Å². The Morgan fingerprint density at radius 2 is 1.97 bits per heavy atom. The van der Waals surface area contributed by atoms with Gasteiger partial charge in [-0.3, -0.25) is 24.6 Å². The molecule has 2 heterocycles. The number of nitrogens with zero attached hydrogens (tertiary/aromatic N) is 2. The van der Waals surface area contributed by atoms with E-state index in [-0.39, 0.29) is 18.1 Å². The lowest BCUT2D eigenvalue weighted by atomic mass is 9.99. The minimum atomic E-state index is -0.677. The van der Waals surface area contributed by atoms with Gasteiger partial charge >= 0.3 is 0 Å². The number of piperidine rings is 1. The molecule has 0 aliphatic carbocycles. The van der Waals surface area contributed by atoms with E-state index >= 15 is 0 Å². The van der Waals surface area contributed by atoms with E-state index in [2.05, 4.69) is 53.6 Å².